The van der Waals surface area contributed by atoms with Crippen LogP contribution in [0, 0.1) is 0 Å². The van der Waals surface area contributed by atoms with Gasteiger partial charge in [-0.1, -0.05) is 19.9 Å². The van der Waals surface area contributed by atoms with Crippen molar-refractivity contribution in [3.8, 4) is 0 Å². The summed E-state index contributed by atoms with van der Waals surface area (Å²) >= 11 is 0. The second kappa shape index (κ2) is 9.41. The van der Waals surface area contributed by atoms with Crippen LogP contribution in [0.5, 0.6) is 0 Å². The van der Waals surface area contributed by atoms with E-state index < -0.39 is 0 Å². The van der Waals surface area contributed by atoms with E-state index in [1.807, 2.05) is 23.2 Å². The average molecular weight is 443 g/mol. The zero-order valence-electron chi connectivity index (χ0n) is 19.7. The molecule has 0 bridgehead atoms. The largest absolute Gasteiger partial charge is 0.383 e. The molecule has 0 unspecified atom stereocenters. The molecule has 0 aromatic carbocycles. The van der Waals surface area contributed by atoms with Crippen LogP contribution >= 0.6 is 0 Å². The Balaban J connectivity index is 1.55. The number of rotatable bonds is 6. The number of nitrogens with zero attached hydrogens (tertiary/aromatic N) is 3. The Bertz CT molecular complexity index is 927. The van der Waals surface area contributed by atoms with Gasteiger partial charge >= 0.3 is 0 Å². The van der Waals surface area contributed by atoms with Crippen LogP contribution in [-0.2, 0) is 21.4 Å². The number of methoxy groups -OCH3 is 1. The monoisotopic (exact) mass is 442 g/mol. The van der Waals surface area contributed by atoms with E-state index in [4.69, 9.17) is 4.74 Å². The predicted molar refractivity (Wildman–Crippen MR) is 125 cm³/mol. The molecule has 1 aliphatic carbocycles. The lowest BCUT2D eigenvalue weighted by atomic mass is 9.88. The van der Waals surface area contributed by atoms with E-state index in [2.05, 4.69) is 36.0 Å². The van der Waals surface area contributed by atoms with Crippen molar-refractivity contribution in [1.29, 1.82) is 0 Å². The second-order valence-corrected chi connectivity index (χ2v) is 9.94. The lowest BCUT2D eigenvalue weighted by Crippen LogP contribution is -2.59. The summed E-state index contributed by atoms with van der Waals surface area (Å²) in [6.07, 6.45) is 7.53. The summed E-state index contributed by atoms with van der Waals surface area (Å²) in [6.45, 7) is 9.63. The molecule has 1 saturated heterocycles. The molecule has 1 fully saturated rings. The Kier molecular flexibility index (Phi) is 6.79. The van der Waals surface area contributed by atoms with E-state index in [1.165, 1.54) is 0 Å². The molecule has 0 radical (unpaired) electrons. The minimum atomic E-state index is -0.172. The third-order valence-electron chi connectivity index (χ3n) is 6.80. The molecular formula is C25H35FN4O2. The molecule has 174 valence electrons. The molecule has 1 aromatic rings. The minimum absolute atomic E-state index is 0.0899. The fourth-order valence-electron chi connectivity index (χ4n) is 5.01. The maximum absolute atomic E-state index is 14.2. The highest BCUT2D eigenvalue weighted by Gasteiger charge is 2.39. The average Bonchev–Trinajstić information content (AvgIpc) is 3.02. The first-order valence-electron chi connectivity index (χ1n) is 11.6. The third-order valence-corrected chi connectivity index (χ3v) is 6.80. The summed E-state index contributed by atoms with van der Waals surface area (Å²) in [7, 11) is 1.70. The Labute approximate surface area is 190 Å². The highest BCUT2D eigenvalue weighted by Crippen LogP contribution is 2.41. The number of anilines is 1. The molecule has 1 N–H and O–H groups in total. The fourth-order valence-corrected chi connectivity index (χ4v) is 5.01. The van der Waals surface area contributed by atoms with Gasteiger partial charge in [-0.3, -0.25) is 14.7 Å². The quantitative estimate of drug-likeness (QED) is 0.734. The van der Waals surface area contributed by atoms with Crippen LogP contribution in [0.4, 0.5) is 10.1 Å². The van der Waals surface area contributed by atoms with Gasteiger partial charge in [0.15, 0.2) is 0 Å². The molecule has 7 heteroatoms. The molecule has 3 heterocycles. The number of hydrogen-bond donors (Lipinski definition) is 1. The zero-order chi connectivity index (χ0) is 22.9. The number of nitrogens with one attached hydrogen (secondary N) is 1. The lowest BCUT2D eigenvalue weighted by molar-refractivity contribution is -0.121. The van der Waals surface area contributed by atoms with Gasteiger partial charge < -0.3 is 15.0 Å². The van der Waals surface area contributed by atoms with E-state index >= 15 is 0 Å². The van der Waals surface area contributed by atoms with Gasteiger partial charge in [-0.05, 0) is 37.5 Å². The van der Waals surface area contributed by atoms with E-state index in [0.717, 1.165) is 42.9 Å². The molecule has 3 aliphatic rings. The molecule has 0 saturated carbocycles. The molecule has 0 spiro atoms. The van der Waals surface area contributed by atoms with Gasteiger partial charge in [0.25, 0.3) is 0 Å². The summed E-state index contributed by atoms with van der Waals surface area (Å²) in [5, 5.41) is 3.47. The summed E-state index contributed by atoms with van der Waals surface area (Å²) in [6, 6.07) is 2.49. The Morgan fingerprint density at radius 3 is 2.88 bits per heavy atom. The van der Waals surface area contributed by atoms with Crippen molar-refractivity contribution in [1.82, 2.24) is 15.2 Å². The third kappa shape index (κ3) is 4.80. The number of amides is 1. The van der Waals surface area contributed by atoms with Crippen LogP contribution in [-0.4, -0.2) is 67.8 Å². The van der Waals surface area contributed by atoms with Crippen molar-refractivity contribution in [3.63, 3.8) is 0 Å². The van der Waals surface area contributed by atoms with Gasteiger partial charge in [-0.25, -0.2) is 4.39 Å². The SMILES string of the molecule is COC[C@H]1CN[C@H](C)CN1CC(=O)N1CC(C)(C)c2cnc(CC3=CCCC=C3F)cc21. The minimum Gasteiger partial charge on any atom is -0.383 e. The van der Waals surface area contributed by atoms with Crippen molar-refractivity contribution < 1.29 is 13.9 Å². The first-order valence-corrected chi connectivity index (χ1v) is 11.6. The molecule has 1 aromatic heterocycles. The molecule has 2 aliphatic heterocycles. The molecule has 6 nitrogen and oxygen atoms in total. The lowest BCUT2D eigenvalue weighted by Gasteiger charge is -2.39. The number of carbonyl (C=O) groups excluding carboxylic acids is 1. The summed E-state index contributed by atoms with van der Waals surface area (Å²) in [4.78, 5) is 22.2. The number of pyridine rings is 1. The summed E-state index contributed by atoms with van der Waals surface area (Å²) < 4.78 is 19.6. The molecule has 2 atom stereocenters. The predicted octanol–water partition coefficient (Wildman–Crippen LogP) is 3.13. The van der Waals surface area contributed by atoms with Crippen LogP contribution in [0.25, 0.3) is 0 Å². The molecule has 32 heavy (non-hydrogen) atoms. The van der Waals surface area contributed by atoms with E-state index in [1.54, 1.807) is 13.2 Å². The second-order valence-electron chi connectivity index (χ2n) is 9.94. The normalized spacial score (nSPS) is 25.3. The number of aromatic nitrogens is 1. The van der Waals surface area contributed by atoms with Crippen molar-refractivity contribution in [2.24, 2.45) is 0 Å². The Hall–Kier alpha value is -2.09. The van der Waals surface area contributed by atoms with E-state index in [-0.39, 0.29) is 23.2 Å². The highest BCUT2D eigenvalue weighted by atomic mass is 19.1. The summed E-state index contributed by atoms with van der Waals surface area (Å²) in [5.74, 6) is -0.0593. The molecule has 1 amide bonds. The van der Waals surface area contributed by atoms with Crippen LogP contribution < -0.4 is 10.2 Å². The van der Waals surface area contributed by atoms with E-state index in [0.29, 0.717) is 37.7 Å². The van der Waals surface area contributed by atoms with Crippen LogP contribution in [0.3, 0.4) is 0 Å². The Morgan fingerprint density at radius 1 is 1.34 bits per heavy atom. The van der Waals surface area contributed by atoms with Gasteiger partial charge in [0.05, 0.1) is 18.8 Å². The van der Waals surface area contributed by atoms with Crippen LogP contribution in [0.1, 0.15) is 44.9 Å². The van der Waals surface area contributed by atoms with Gasteiger partial charge in [0.1, 0.15) is 5.83 Å². The first kappa shape index (κ1) is 23.1. The number of hydrogen-bond acceptors (Lipinski definition) is 5. The number of halogens is 1. The number of fused-ring (bicyclic) bond motifs is 1. The Morgan fingerprint density at radius 2 is 2.12 bits per heavy atom. The molecule has 4 rings (SSSR count). The number of allylic oxidation sites excluding steroid dienone is 4. The smallest absolute Gasteiger partial charge is 0.241 e. The topological polar surface area (TPSA) is 57.7 Å². The number of ether oxygens (including phenoxy) is 1. The van der Waals surface area contributed by atoms with Gasteiger partial charge in [0, 0.05) is 68.1 Å². The zero-order valence-corrected chi connectivity index (χ0v) is 19.7. The fraction of sp³-hybridized carbons (Fsp3) is 0.600. The maximum Gasteiger partial charge on any atom is 0.241 e. The number of carbonyl (C=O) groups is 1. The van der Waals surface area contributed by atoms with Crippen molar-refractivity contribution >= 4 is 11.6 Å². The van der Waals surface area contributed by atoms with Crippen LogP contribution in [0.2, 0.25) is 0 Å². The van der Waals surface area contributed by atoms with Gasteiger partial charge in [0.2, 0.25) is 5.91 Å². The van der Waals surface area contributed by atoms with Gasteiger partial charge in [-0.2, -0.15) is 0 Å². The van der Waals surface area contributed by atoms with E-state index in [9.17, 15) is 9.18 Å². The van der Waals surface area contributed by atoms with Crippen molar-refractivity contribution in [2.45, 2.75) is 57.5 Å². The molecular weight excluding hydrogens is 407 g/mol. The standard InChI is InChI=1S/C25H35FN4O2/c1-17-13-29(20(11-27-17)15-32-4)14-24(31)30-16-25(2,3)21-12-28-19(10-23(21)30)9-18-7-5-6-8-22(18)26/h7-8,10,12,17,20,27H,5-6,9,11,13-16H2,1-4H3/t17-,20-/m1/s1. The highest BCUT2D eigenvalue weighted by molar-refractivity contribution is 5.97. The summed E-state index contributed by atoms with van der Waals surface area (Å²) in [5.41, 5.74) is 3.30. The maximum atomic E-state index is 14.2. The van der Waals surface area contributed by atoms with Crippen molar-refractivity contribution in [2.75, 3.05) is 44.8 Å². The first-order chi connectivity index (χ1) is 15.3. The van der Waals surface area contributed by atoms with Crippen molar-refractivity contribution in [3.05, 3.63) is 47.1 Å². The van der Waals surface area contributed by atoms with Crippen LogP contribution in [0.15, 0.2) is 35.8 Å². The number of piperazine rings is 1. The van der Waals surface area contributed by atoms with Gasteiger partial charge in [-0.15, -0.1) is 0 Å².